The number of anilines is 1. The fourth-order valence-corrected chi connectivity index (χ4v) is 2.35. The molecule has 0 fully saturated rings. The zero-order chi connectivity index (χ0) is 17.5. The van der Waals surface area contributed by atoms with Crippen LogP contribution in [-0.2, 0) is 16.0 Å². The van der Waals surface area contributed by atoms with Crippen molar-refractivity contribution in [1.29, 1.82) is 0 Å². The molecule has 2 amide bonds. The third-order valence-corrected chi connectivity index (χ3v) is 3.71. The minimum Gasteiger partial charge on any atom is -0.507 e. The fourth-order valence-electron chi connectivity index (χ4n) is 1.97. The number of nitrogens with zero attached hydrogens (tertiary/aromatic N) is 1. The lowest BCUT2D eigenvalue weighted by molar-refractivity contribution is -0.136. The van der Waals surface area contributed by atoms with E-state index in [0.29, 0.717) is 11.3 Å². The number of nitrogens with one attached hydrogen (secondary N) is 2. The van der Waals surface area contributed by atoms with Gasteiger partial charge in [0.25, 0.3) is 0 Å². The van der Waals surface area contributed by atoms with E-state index >= 15 is 0 Å². The van der Waals surface area contributed by atoms with Gasteiger partial charge in [-0.15, -0.1) is 0 Å². The first-order valence-electron chi connectivity index (χ1n) is 7.22. The van der Waals surface area contributed by atoms with Crippen LogP contribution in [-0.4, -0.2) is 23.1 Å². The predicted octanol–water partition coefficient (Wildman–Crippen LogP) is 2.81. The van der Waals surface area contributed by atoms with Crippen molar-refractivity contribution in [2.24, 2.45) is 5.10 Å². The van der Waals surface area contributed by atoms with Gasteiger partial charge in [0.2, 0.25) is 0 Å². The Bertz CT molecular complexity index is 790. The first kappa shape index (κ1) is 17.7. The Morgan fingerprint density at radius 1 is 1.21 bits per heavy atom. The average Bonchev–Trinajstić information content (AvgIpc) is 2.58. The van der Waals surface area contributed by atoms with Crippen LogP contribution in [0.25, 0.3) is 0 Å². The van der Waals surface area contributed by atoms with Gasteiger partial charge in [0, 0.05) is 15.7 Å². The second-order valence-corrected chi connectivity index (χ2v) is 5.78. The van der Waals surface area contributed by atoms with Crippen molar-refractivity contribution in [3.05, 3.63) is 58.1 Å². The predicted molar refractivity (Wildman–Crippen MR) is 96.0 cm³/mol. The first-order chi connectivity index (χ1) is 11.5. The molecule has 0 atom stereocenters. The molecule has 0 aromatic heterocycles. The van der Waals surface area contributed by atoms with E-state index in [1.54, 1.807) is 24.3 Å². The Morgan fingerprint density at radius 3 is 2.71 bits per heavy atom. The summed E-state index contributed by atoms with van der Waals surface area (Å²) in [5, 5.41) is 15.9. The van der Waals surface area contributed by atoms with Gasteiger partial charge in [0.05, 0.1) is 6.21 Å². The number of benzene rings is 2. The Labute approximate surface area is 147 Å². The Morgan fingerprint density at radius 2 is 1.96 bits per heavy atom. The second kappa shape index (κ2) is 8.26. The Hall–Kier alpha value is -2.67. The molecule has 24 heavy (non-hydrogen) atoms. The molecular formula is C17H16BrN3O3. The topological polar surface area (TPSA) is 90.8 Å². The summed E-state index contributed by atoms with van der Waals surface area (Å²) < 4.78 is 0.752. The highest BCUT2D eigenvalue weighted by molar-refractivity contribution is 9.10. The zero-order valence-corrected chi connectivity index (χ0v) is 14.5. The summed E-state index contributed by atoms with van der Waals surface area (Å²) in [7, 11) is 0. The molecule has 0 spiro atoms. The van der Waals surface area contributed by atoms with Gasteiger partial charge in [0.1, 0.15) is 5.75 Å². The number of carbonyl (C=O) groups excluding carboxylic acids is 2. The highest BCUT2D eigenvalue weighted by Gasteiger charge is 2.14. The van der Waals surface area contributed by atoms with Gasteiger partial charge in [0.15, 0.2) is 0 Å². The van der Waals surface area contributed by atoms with Gasteiger partial charge < -0.3 is 10.4 Å². The number of amides is 2. The summed E-state index contributed by atoms with van der Waals surface area (Å²) in [5.41, 5.74) is 4.05. The number of hydrazone groups is 1. The van der Waals surface area contributed by atoms with E-state index in [1.807, 2.05) is 19.1 Å². The molecule has 2 rings (SSSR count). The monoisotopic (exact) mass is 389 g/mol. The molecule has 0 aliphatic carbocycles. The molecule has 7 heteroatoms. The quantitative estimate of drug-likeness (QED) is 0.426. The number of aromatic hydroxyl groups is 1. The van der Waals surface area contributed by atoms with E-state index in [-0.39, 0.29) is 5.75 Å². The number of rotatable bonds is 4. The maximum Gasteiger partial charge on any atom is 0.329 e. The summed E-state index contributed by atoms with van der Waals surface area (Å²) in [4.78, 5) is 23.7. The molecule has 0 saturated heterocycles. The molecule has 124 valence electrons. The van der Waals surface area contributed by atoms with Gasteiger partial charge in [-0.3, -0.25) is 9.59 Å². The Balaban J connectivity index is 1.98. The van der Waals surface area contributed by atoms with E-state index in [9.17, 15) is 14.7 Å². The zero-order valence-electron chi connectivity index (χ0n) is 12.9. The number of para-hydroxylation sites is 1. The molecule has 0 aliphatic rings. The molecule has 2 aromatic carbocycles. The van der Waals surface area contributed by atoms with Crippen LogP contribution < -0.4 is 10.7 Å². The van der Waals surface area contributed by atoms with Crippen molar-refractivity contribution in [1.82, 2.24) is 5.43 Å². The van der Waals surface area contributed by atoms with E-state index < -0.39 is 11.8 Å². The normalized spacial score (nSPS) is 10.6. The lowest BCUT2D eigenvalue weighted by Crippen LogP contribution is -2.32. The second-order valence-electron chi connectivity index (χ2n) is 4.87. The minimum atomic E-state index is -0.897. The molecule has 3 N–H and O–H groups in total. The number of hydrogen-bond acceptors (Lipinski definition) is 4. The van der Waals surface area contributed by atoms with Crippen LogP contribution in [0.15, 0.2) is 52.0 Å². The fraction of sp³-hybridized carbons (Fsp3) is 0.118. The maximum absolute atomic E-state index is 11.9. The standard InChI is InChI=1S/C17H16BrN3O3/c1-2-11-5-3-4-6-14(11)20-16(23)17(24)21-19-10-12-9-13(18)7-8-15(12)22/h3-10,22H,2H2,1H3,(H,20,23)(H,21,24)/b19-10+. The van der Waals surface area contributed by atoms with Gasteiger partial charge >= 0.3 is 11.8 Å². The number of carbonyl (C=O) groups is 2. The highest BCUT2D eigenvalue weighted by atomic mass is 79.9. The van der Waals surface area contributed by atoms with E-state index in [1.165, 1.54) is 12.3 Å². The molecule has 0 saturated carbocycles. The Kier molecular flexibility index (Phi) is 6.08. The lowest BCUT2D eigenvalue weighted by Gasteiger charge is -2.08. The highest BCUT2D eigenvalue weighted by Crippen LogP contribution is 2.20. The molecule has 0 aliphatic heterocycles. The van der Waals surface area contributed by atoms with Crippen molar-refractivity contribution in [3.63, 3.8) is 0 Å². The summed E-state index contributed by atoms with van der Waals surface area (Å²) in [6.07, 6.45) is 1.99. The van der Waals surface area contributed by atoms with Crippen LogP contribution in [0, 0.1) is 0 Å². The van der Waals surface area contributed by atoms with Crippen molar-refractivity contribution in [2.45, 2.75) is 13.3 Å². The third-order valence-electron chi connectivity index (χ3n) is 3.21. The van der Waals surface area contributed by atoms with Gasteiger partial charge in [-0.25, -0.2) is 5.43 Å². The van der Waals surface area contributed by atoms with Gasteiger partial charge in [-0.2, -0.15) is 5.10 Å². The number of hydrogen-bond donors (Lipinski definition) is 3. The van der Waals surface area contributed by atoms with Crippen molar-refractivity contribution >= 4 is 39.6 Å². The third kappa shape index (κ3) is 4.66. The number of phenols is 1. The van der Waals surface area contributed by atoms with Crippen LogP contribution >= 0.6 is 15.9 Å². The number of halogens is 1. The smallest absolute Gasteiger partial charge is 0.329 e. The van der Waals surface area contributed by atoms with Crippen LogP contribution in [0.4, 0.5) is 5.69 Å². The van der Waals surface area contributed by atoms with E-state index in [4.69, 9.17) is 0 Å². The first-order valence-corrected chi connectivity index (χ1v) is 8.01. The van der Waals surface area contributed by atoms with Crippen LogP contribution in [0.1, 0.15) is 18.1 Å². The molecule has 0 heterocycles. The van der Waals surface area contributed by atoms with Crippen molar-refractivity contribution in [3.8, 4) is 5.75 Å². The molecule has 0 radical (unpaired) electrons. The molecule has 0 bridgehead atoms. The summed E-state index contributed by atoms with van der Waals surface area (Å²) in [6.45, 7) is 1.96. The van der Waals surface area contributed by atoms with Gasteiger partial charge in [-0.05, 0) is 36.2 Å². The SMILES string of the molecule is CCc1ccccc1NC(=O)C(=O)N/N=C/c1cc(Br)ccc1O. The number of aryl methyl sites for hydroxylation is 1. The summed E-state index contributed by atoms with van der Waals surface area (Å²) in [5.74, 6) is -1.70. The molecule has 0 unspecified atom stereocenters. The minimum absolute atomic E-state index is 0.0116. The summed E-state index contributed by atoms with van der Waals surface area (Å²) >= 11 is 3.27. The molecule has 6 nitrogen and oxygen atoms in total. The van der Waals surface area contributed by atoms with Gasteiger partial charge in [-0.1, -0.05) is 41.1 Å². The van der Waals surface area contributed by atoms with E-state index in [0.717, 1.165) is 16.5 Å². The summed E-state index contributed by atoms with van der Waals surface area (Å²) in [6, 6.07) is 12.0. The van der Waals surface area contributed by atoms with Crippen LogP contribution in [0.3, 0.4) is 0 Å². The lowest BCUT2D eigenvalue weighted by atomic mass is 10.1. The maximum atomic E-state index is 11.9. The molecule has 2 aromatic rings. The average molecular weight is 390 g/mol. The van der Waals surface area contributed by atoms with Crippen molar-refractivity contribution < 1.29 is 14.7 Å². The van der Waals surface area contributed by atoms with Crippen LogP contribution in [0.2, 0.25) is 0 Å². The largest absolute Gasteiger partial charge is 0.507 e. The van der Waals surface area contributed by atoms with Crippen LogP contribution in [0.5, 0.6) is 5.75 Å². The number of phenolic OH excluding ortho intramolecular Hbond substituents is 1. The van der Waals surface area contributed by atoms with E-state index in [2.05, 4.69) is 31.8 Å². The van der Waals surface area contributed by atoms with Crippen molar-refractivity contribution in [2.75, 3.05) is 5.32 Å². The molecular weight excluding hydrogens is 374 g/mol.